The first kappa shape index (κ1) is 34.6. The highest BCUT2D eigenvalue weighted by atomic mass is 32.2. The van der Waals surface area contributed by atoms with Gasteiger partial charge in [0.25, 0.3) is 5.91 Å². The summed E-state index contributed by atoms with van der Waals surface area (Å²) >= 11 is 1.84. The first-order valence-corrected chi connectivity index (χ1v) is 17.4. The molecule has 0 aromatic carbocycles. The topological polar surface area (TPSA) is 151 Å². The third kappa shape index (κ3) is 7.91. The van der Waals surface area contributed by atoms with E-state index >= 15 is 0 Å². The normalized spacial score (nSPS) is 27.0. The Labute approximate surface area is 267 Å². The summed E-state index contributed by atoms with van der Waals surface area (Å²) in [5.41, 5.74) is 4.21. The second-order valence-corrected chi connectivity index (χ2v) is 18.3. The van der Waals surface area contributed by atoms with Gasteiger partial charge in [0.1, 0.15) is 12.1 Å². The number of likely N-dealkylation sites (tertiary alicyclic amines) is 1. The first-order chi connectivity index (χ1) is 20.3. The maximum atomic E-state index is 14.3. The first-order valence-electron chi connectivity index (χ1n) is 16.4. The van der Waals surface area contributed by atoms with Crippen molar-refractivity contribution in [2.45, 2.75) is 135 Å². The number of piperidine rings is 1. The molecule has 1 aliphatic heterocycles. The van der Waals surface area contributed by atoms with Crippen molar-refractivity contribution in [2.24, 2.45) is 34.3 Å². The predicted molar refractivity (Wildman–Crippen MR) is 173 cm³/mol. The Kier molecular flexibility index (Phi) is 9.80. The van der Waals surface area contributed by atoms with E-state index in [4.69, 9.17) is 5.73 Å². The average Bonchev–Trinajstić information content (AvgIpc) is 3.76. The predicted octanol–water partition coefficient (Wildman–Crippen LogP) is 3.76. The molecular weight excluding hydrogens is 578 g/mol. The van der Waals surface area contributed by atoms with Crippen molar-refractivity contribution >= 4 is 41.3 Å². The van der Waals surface area contributed by atoms with Crippen LogP contribution in [0.2, 0.25) is 0 Å². The lowest BCUT2D eigenvalue weighted by Crippen LogP contribution is -2.63. The summed E-state index contributed by atoms with van der Waals surface area (Å²) in [5, 5.41) is 9.12. The van der Waals surface area contributed by atoms with E-state index in [0.29, 0.717) is 13.0 Å². The van der Waals surface area contributed by atoms with E-state index < -0.39 is 41.1 Å². The Morgan fingerprint density at radius 3 is 2.09 bits per heavy atom. The van der Waals surface area contributed by atoms with E-state index in [1.807, 2.05) is 32.5 Å². The fourth-order valence-electron chi connectivity index (χ4n) is 7.27. The van der Waals surface area contributed by atoms with E-state index in [2.05, 4.69) is 50.6 Å². The van der Waals surface area contributed by atoms with Crippen molar-refractivity contribution in [3.8, 4) is 0 Å². The zero-order chi connectivity index (χ0) is 32.8. The highest BCUT2D eigenvalue weighted by Gasteiger charge is 2.70. The van der Waals surface area contributed by atoms with Crippen molar-refractivity contribution in [3.05, 3.63) is 0 Å². The van der Waals surface area contributed by atoms with Crippen LogP contribution in [0.4, 0.5) is 4.79 Å². The molecule has 44 heavy (non-hydrogen) atoms. The number of amides is 5. The molecule has 0 aromatic heterocycles. The van der Waals surface area contributed by atoms with Crippen LogP contribution in [-0.2, 0) is 19.2 Å². The number of nitrogens with one attached hydrogen (secondary N) is 3. The van der Waals surface area contributed by atoms with Gasteiger partial charge in [-0.25, -0.2) is 4.79 Å². The van der Waals surface area contributed by atoms with Crippen LogP contribution in [0.3, 0.4) is 0 Å². The van der Waals surface area contributed by atoms with Gasteiger partial charge in [-0.2, -0.15) is 11.8 Å². The zero-order valence-corrected chi connectivity index (χ0v) is 28.8. The van der Waals surface area contributed by atoms with Crippen LogP contribution in [0.15, 0.2) is 0 Å². The number of nitrogens with two attached hydrogens (primary N) is 1. The maximum Gasteiger partial charge on any atom is 0.315 e. The molecule has 4 aliphatic rings. The summed E-state index contributed by atoms with van der Waals surface area (Å²) in [6.45, 7) is 16.8. The molecular formula is C33H55N5O5S. The van der Waals surface area contributed by atoms with Gasteiger partial charge >= 0.3 is 6.03 Å². The molecule has 0 spiro atoms. The van der Waals surface area contributed by atoms with Gasteiger partial charge in [-0.05, 0) is 47.8 Å². The lowest BCUT2D eigenvalue weighted by Gasteiger charge is -2.41. The summed E-state index contributed by atoms with van der Waals surface area (Å²) in [4.78, 5) is 67.8. The van der Waals surface area contributed by atoms with E-state index in [-0.39, 0.29) is 45.4 Å². The second-order valence-electron chi connectivity index (χ2n) is 16.5. The Morgan fingerprint density at radius 1 is 0.955 bits per heavy atom. The molecule has 0 bridgehead atoms. The van der Waals surface area contributed by atoms with E-state index in [0.717, 1.165) is 50.7 Å². The molecule has 5 amide bonds. The van der Waals surface area contributed by atoms with Crippen LogP contribution in [0, 0.1) is 28.6 Å². The molecule has 4 fully saturated rings. The largest absolute Gasteiger partial charge is 0.363 e. The molecule has 11 heteroatoms. The van der Waals surface area contributed by atoms with Crippen molar-refractivity contribution in [2.75, 3.05) is 12.3 Å². The Morgan fingerprint density at radius 2 is 1.57 bits per heavy atom. The number of nitrogens with zero attached hydrogens (tertiary/aromatic N) is 1. The number of rotatable bonds is 11. The molecule has 5 atom stereocenters. The molecule has 1 heterocycles. The summed E-state index contributed by atoms with van der Waals surface area (Å²) < 4.78 is 0.0617. The number of thioether (sulfide) groups is 1. The number of urea groups is 1. The Hall–Kier alpha value is -2.30. The van der Waals surface area contributed by atoms with Gasteiger partial charge in [0.2, 0.25) is 17.6 Å². The van der Waals surface area contributed by atoms with Gasteiger partial charge in [-0.3, -0.25) is 19.2 Å². The minimum atomic E-state index is -1.07. The highest BCUT2D eigenvalue weighted by molar-refractivity contribution is 8.00. The number of hydrogen-bond donors (Lipinski definition) is 4. The molecule has 3 aliphatic carbocycles. The van der Waals surface area contributed by atoms with Crippen LogP contribution >= 0.6 is 11.8 Å². The molecule has 4 rings (SSSR count). The average molecular weight is 634 g/mol. The minimum Gasteiger partial charge on any atom is -0.363 e. The fraction of sp³-hybridized carbons (Fsp3) is 0.848. The number of Topliss-reactive ketones (excluding diaryl/α,β-unsaturated/α-hetero) is 1. The molecule has 0 aromatic rings. The van der Waals surface area contributed by atoms with Crippen molar-refractivity contribution in [3.63, 3.8) is 0 Å². The van der Waals surface area contributed by atoms with Crippen molar-refractivity contribution in [1.29, 1.82) is 0 Å². The van der Waals surface area contributed by atoms with Crippen LogP contribution in [-0.4, -0.2) is 75.1 Å². The molecule has 10 nitrogen and oxygen atoms in total. The van der Waals surface area contributed by atoms with Gasteiger partial charge in [0.15, 0.2) is 0 Å². The molecule has 3 saturated carbocycles. The van der Waals surface area contributed by atoms with Gasteiger partial charge in [-0.15, -0.1) is 0 Å². The second kappa shape index (κ2) is 12.5. The van der Waals surface area contributed by atoms with Crippen LogP contribution in [0.5, 0.6) is 0 Å². The summed E-state index contributed by atoms with van der Waals surface area (Å²) in [6.07, 6.45) is 7.31. The minimum absolute atomic E-state index is 0.0617. The number of carbonyl (C=O) groups excluding carboxylic acids is 5. The number of hydrogen-bond acceptors (Lipinski definition) is 6. The van der Waals surface area contributed by atoms with Gasteiger partial charge in [0.05, 0.1) is 11.6 Å². The third-order valence-electron chi connectivity index (χ3n) is 10.3. The fourth-order valence-corrected chi connectivity index (χ4v) is 8.34. The third-order valence-corrected chi connectivity index (χ3v) is 11.8. The van der Waals surface area contributed by atoms with Gasteiger partial charge in [-0.1, -0.05) is 87.5 Å². The molecule has 248 valence electrons. The zero-order valence-electron chi connectivity index (χ0n) is 28.0. The molecule has 4 unspecified atom stereocenters. The van der Waals surface area contributed by atoms with E-state index in [9.17, 15) is 24.0 Å². The number of primary amides is 1. The lowest BCUT2D eigenvalue weighted by molar-refractivity contribution is -0.145. The quantitative estimate of drug-likeness (QED) is 0.255. The Bertz CT molecular complexity index is 1150. The van der Waals surface area contributed by atoms with E-state index in [1.54, 1.807) is 4.90 Å². The monoisotopic (exact) mass is 633 g/mol. The maximum absolute atomic E-state index is 14.3. The van der Waals surface area contributed by atoms with Crippen LogP contribution in [0.25, 0.3) is 0 Å². The van der Waals surface area contributed by atoms with Crippen LogP contribution in [0.1, 0.15) is 107 Å². The summed E-state index contributed by atoms with van der Waals surface area (Å²) in [6, 6.07) is -3.03. The SMILES string of the molecule is CC(C)(C)SCC1(NC(=O)N[C@H](C(=O)N2CC3C(C2C(=O)NC(CC2CC2)C(=O)C(N)=O)C3(C)C)C(C)(C)C)CCCCC1. The highest BCUT2D eigenvalue weighted by Crippen LogP contribution is 2.65. The van der Waals surface area contributed by atoms with Crippen molar-refractivity contribution in [1.82, 2.24) is 20.9 Å². The molecule has 1 saturated heterocycles. The smallest absolute Gasteiger partial charge is 0.315 e. The van der Waals surface area contributed by atoms with Gasteiger partial charge < -0.3 is 26.6 Å². The lowest BCUT2D eigenvalue weighted by atomic mass is 9.83. The molecule has 5 N–H and O–H groups in total. The Balaban J connectivity index is 1.52. The standard InChI is InChI=1S/C33H55N5O5S/c1-30(2,3)25(36-29(43)37-33(14-10-9-11-15-33)18-44-31(4,5)6)28(42)38-17-20-22(32(20,7)8)23(38)27(41)35-21(16-19-12-13-19)24(39)26(34)40/h19-23,25H,9-18H2,1-8H3,(H2,34,40)(H,35,41)(H2,36,37,43)/t20?,21?,22?,23?,25-/m1/s1. The summed E-state index contributed by atoms with van der Waals surface area (Å²) in [7, 11) is 0. The van der Waals surface area contributed by atoms with Crippen LogP contribution < -0.4 is 21.7 Å². The number of carbonyl (C=O) groups is 5. The molecule has 0 radical (unpaired) electrons. The van der Waals surface area contributed by atoms with E-state index in [1.165, 1.54) is 0 Å². The summed E-state index contributed by atoms with van der Waals surface area (Å²) in [5.74, 6) is -1.49. The van der Waals surface area contributed by atoms with Gasteiger partial charge in [0, 0.05) is 17.0 Å². The number of fused-ring (bicyclic) bond motifs is 1. The number of ketones is 1. The van der Waals surface area contributed by atoms with Crippen molar-refractivity contribution < 1.29 is 24.0 Å².